The van der Waals surface area contributed by atoms with Gasteiger partial charge in [0.05, 0.1) is 11.5 Å². The van der Waals surface area contributed by atoms with Crippen molar-refractivity contribution in [3.8, 4) is 5.75 Å². The molecule has 2 aromatic carbocycles. The van der Waals surface area contributed by atoms with E-state index in [0.717, 1.165) is 5.56 Å². The first-order valence-electron chi connectivity index (χ1n) is 6.36. The standard InChI is InChI=1S/C15H15NO5/c17-9-14(18)12-6-7-15(13(8-12)16(19)20)21-10-11-4-2-1-3-5-11/h1-8,14,17-18H,9-10H2/t14-/m0/s1. The molecule has 2 rings (SSSR count). The molecule has 0 aliphatic carbocycles. The van der Waals surface area contributed by atoms with Crippen LogP contribution in [0, 0.1) is 10.1 Å². The van der Waals surface area contributed by atoms with Crippen LogP contribution in [0.4, 0.5) is 5.69 Å². The van der Waals surface area contributed by atoms with E-state index in [-0.39, 0.29) is 23.6 Å². The lowest BCUT2D eigenvalue weighted by atomic mass is 10.1. The van der Waals surface area contributed by atoms with Gasteiger partial charge in [-0.15, -0.1) is 0 Å². The van der Waals surface area contributed by atoms with Gasteiger partial charge in [0.25, 0.3) is 0 Å². The van der Waals surface area contributed by atoms with E-state index in [9.17, 15) is 15.2 Å². The number of nitro benzene ring substituents is 1. The Bertz CT molecular complexity index is 615. The van der Waals surface area contributed by atoms with Gasteiger partial charge in [-0.05, 0) is 17.2 Å². The van der Waals surface area contributed by atoms with Crippen LogP contribution in [0.1, 0.15) is 17.2 Å². The zero-order valence-corrected chi connectivity index (χ0v) is 11.2. The quantitative estimate of drug-likeness (QED) is 0.628. The third-order valence-corrected chi connectivity index (χ3v) is 2.97. The van der Waals surface area contributed by atoms with Gasteiger partial charge in [-0.3, -0.25) is 10.1 Å². The molecule has 2 aromatic rings. The van der Waals surface area contributed by atoms with E-state index < -0.39 is 17.6 Å². The minimum absolute atomic E-state index is 0.123. The lowest BCUT2D eigenvalue weighted by Crippen LogP contribution is -2.05. The van der Waals surface area contributed by atoms with E-state index in [1.54, 1.807) is 0 Å². The average molecular weight is 289 g/mol. The van der Waals surface area contributed by atoms with Crippen LogP contribution in [0.5, 0.6) is 5.75 Å². The van der Waals surface area contributed by atoms with Crippen LogP contribution < -0.4 is 4.74 Å². The second-order valence-corrected chi connectivity index (χ2v) is 4.46. The second-order valence-electron chi connectivity index (χ2n) is 4.46. The Hall–Kier alpha value is -2.44. The predicted octanol–water partition coefficient (Wildman–Crippen LogP) is 2.20. The van der Waals surface area contributed by atoms with Crippen molar-refractivity contribution in [3.63, 3.8) is 0 Å². The highest BCUT2D eigenvalue weighted by molar-refractivity contribution is 5.49. The van der Waals surface area contributed by atoms with Crippen LogP contribution in [0.3, 0.4) is 0 Å². The minimum atomic E-state index is -1.15. The van der Waals surface area contributed by atoms with Crippen molar-refractivity contribution in [2.45, 2.75) is 12.7 Å². The predicted molar refractivity (Wildman–Crippen MR) is 75.9 cm³/mol. The normalized spacial score (nSPS) is 11.9. The molecule has 0 bridgehead atoms. The van der Waals surface area contributed by atoms with Crippen molar-refractivity contribution < 1.29 is 19.9 Å². The van der Waals surface area contributed by atoms with E-state index in [0.29, 0.717) is 0 Å². The number of nitrogens with zero attached hydrogens (tertiary/aromatic N) is 1. The molecule has 21 heavy (non-hydrogen) atoms. The molecule has 0 unspecified atom stereocenters. The van der Waals surface area contributed by atoms with Crippen molar-refractivity contribution in [1.29, 1.82) is 0 Å². The van der Waals surface area contributed by atoms with Crippen LogP contribution in [-0.2, 0) is 6.61 Å². The van der Waals surface area contributed by atoms with Gasteiger partial charge in [0, 0.05) is 6.07 Å². The Morgan fingerprint density at radius 3 is 2.52 bits per heavy atom. The monoisotopic (exact) mass is 289 g/mol. The largest absolute Gasteiger partial charge is 0.482 e. The molecule has 0 fully saturated rings. The van der Waals surface area contributed by atoms with E-state index >= 15 is 0 Å². The molecular formula is C15H15NO5. The van der Waals surface area contributed by atoms with Crippen LogP contribution in [0.25, 0.3) is 0 Å². The lowest BCUT2D eigenvalue weighted by molar-refractivity contribution is -0.386. The molecule has 110 valence electrons. The van der Waals surface area contributed by atoms with Crippen molar-refractivity contribution in [1.82, 2.24) is 0 Å². The molecule has 2 N–H and O–H groups in total. The summed E-state index contributed by atoms with van der Waals surface area (Å²) in [7, 11) is 0. The molecule has 0 aliphatic heterocycles. The average Bonchev–Trinajstić information content (AvgIpc) is 2.52. The van der Waals surface area contributed by atoms with E-state index in [1.807, 2.05) is 30.3 Å². The van der Waals surface area contributed by atoms with Gasteiger partial charge in [0.1, 0.15) is 12.7 Å². The zero-order chi connectivity index (χ0) is 15.2. The molecule has 6 nitrogen and oxygen atoms in total. The first-order valence-corrected chi connectivity index (χ1v) is 6.36. The molecule has 1 atom stereocenters. The Morgan fingerprint density at radius 2 is 1.90 bits per heavy atom. The van der Waals surface area contributed by atoms with Gasteiger partial charge in [-0.25, -0.2) is 0 Å². The third kappa shape index (κ3) is 3.77. The molecule has 6 heteroatoms. The summed E-state index contributed by atoms with van der Waals surface area (Å²) in [5, 5.41) is 29.5. The summed E-state index contributed by atoms with van der Waals surface area (Å²) < 4.78 is 5.47. The number of nitro groups is 1. The van der Waals surface area contributed by atoms with E-state index in [4.69, 9.17) is 9.84 Å². The maximum Gasteiger partial charge on any atom is 0.311 e. The summed E-state index contributed by atoms with van der Waals surface area (Å²) in [6, 6.07) is 13.4. The van der Waals surface area contributed by atoms with E-state index in [1.165, 1.54) is 18.2 Å². The topological polar surface area (TPSA) is 92.8 Å². The van der Waals surface area contributed by atoms with Crippen LogP contribution in [0.15, 0.2) is 48.5 Å². The lowest BCUT2D eigenvalue weighted by Gasteiger charge is -2.10. The fourth-order valence-corrected chi connectivity index (χ4v) is 1.85. The number of aliphatic hydroxyl groups excluding tert-OH is 2. The fourth-order valence-electron chi connectivity index (χ4n) is 1.85. The molecule has 0 amide bonds. The first kappa shape index (κ1) is 15.0. The number of aliphatic hydroxyl groups is 2. The minimum Gasteiger partial charge on any atom is -0.482 e. The molecular weight excluding hydrogens is 274 g/mol. The zero-order valence-electron chi connectivity index (χ0n) is 11.2. The Morgan fingerprint density at radius 1 is 1.19 bits per heavy atom. The van der Waals surface area contributed by atoms with Crippen molar-refractivity contribution in [3.05, 3.63) is 69.8 Å². The van der Waals surface area contributed by atoms with Crippen molar-refractivity contribution >= 4 is 5.69 Å². The number of benzene rings is 2. The molecule has 0 spiro atoms. The maximum absolute atomic E-state index is 11.1. The van der Waals surface area contributed by atoms with Gasteiger partial charge in [0.2, 0.25) is 0 Å². The molecule has 0 saturated carbocycles. The Kier molecular flexibility index (Phi) is 4.86. The van der Waals surface area contributed by atoms with Gasteiger partial charge in [-0.2, -0.15) is 0 Å². The Labute approximate surface area is 121 Å². The summed E-state index contributed by atoms with van der Waals surface area (Å²) in [6.07, 6.45) is -1.15. The summed E-state index contributed by atoms with van der Waals surface area (Å²) in [4.78, 5) is 10.5. The smallest absolute Gasteiger partial charge is 0.311 e. The summed E-state index contributed by atoms with van der Waals surface area (Å²) in [6.45, 7) is -0.287. The highest BCUT2D eigenvalue weighted by atomic mass is 16.6. The Balaban J connectivity index is 2.20. The molecule has 0 aliphatic rings. The van der Waals surface area contributed by atoms with Crippen LogP contribution in [0.2, 0.25) is 0 Å². The molecule has 0 heterocycles. The number of hydrogen-bond acceptors (Lipinski definition) is 5. The maximum atomic E-state index is 11.1. The first-order chi connectivity index (χ1) is 10.1. The highest BCUT2D eigenvalue weighted by Gasteiger charge is 2.18. The molecule has 0 radical (unpaired) electrons. The van der Waals surface area contributed by atoms with Crippen LogP contribution >= 0.6 is 0 Å². The summed E-state index contributed by atoms with van der Waals surface area (Å²) in [5.41, 5.74) is 0.929. The van der Waals surface area contributed by atoms with Crippen LogP contribution in [-0.4, -0.2) is 21.7 Å². The highest BCUT2D eigenvalue weighted by Crippen LogP contribution is 2.30. The van der Waals surface area contributed by atoms with Crippen molar-refractivity contribution in [2.24, 2.45) is 0 Å². The SMILES string of the molecule is O=[N+]([O-])c1cc([C@@H](O)CO)ccc1OCc1ccccc1. The number of ether oxygens (including phenoxy) is 1. The second kappa shape index (κ2) is 6.83. The third-order valence-electron chi connectivity index (χ3n) is 2.97. The van der Waals surface area contributed by atoms with Gasteiger partial charge < -0.3 is 14.9 Å². The number of hydrogen-bond donors (Lipinski definition) is 2. The van der Waals surface area contributed by atoms with Gasteiger partial charge in [-0.1, -0.05) is 36.4 Å². The summed E-state index contributed by atoms with van der Waals surface area (Å²) >= 11 is 0. The van der Waals surface area contributed by atoms with Gasteiger partial charge >= 0.3 is 5.69 Å². The number of rotatable bonds is 6. The molecule has 0 saturated heterocycles. The van der Waals surface area contributed by atoms with Crippen molar-refractivity contribution in [2.75, 3.05) is 6.61 Å². The van der Waals surface area contributed by atoms with E-state index in [2.05, 4.69) is 0 Å². The summed E-state index contributed by atoms with van der Waals surface area (Å²) in [5.74, 6) is 0.123. The molecule has 0 aromatic heterocycles. The fraction of sp³-hybridized carbons (Fsp3) is 0.200. The van der Waals surface area contributed by atoms with Gasteiger partial charge in [0.15, 0.2) is 5.75 Å².